The van der Waals surface area contributed by atoms with Crippen LogP contribution in [0.1, 0.15) is 39.6 Å². The molecule has 1 atom stereocenters. The Bertz CT molecular complexity index is 2580. The zero-order chi connectivity index (χ0) is 38.1. The predicted octanol–water partition coefficient (Wildman–Crippen LogP) is 12.6. The van der Waals surface area contributed by atoms with Crippen LogP contribution >= 0.6 is 0 Å². The van der Waals surface area contributed by atoms with Gasteiger partial charge in [0.15, 0.2) is 0 Å². The summed E-state index contributed by atoms with van der Waals surface area (Å²) >= 11 is 0. The van der Waals surface area contributed by atoms with Crippen molar-refractivity contribution in [3.63, 3.8) is 0 Å². The van der Waals surface area contributed by atoms with Gasteiger partial charge in [0.1, 0.15) is 5.84 Å². The van der Waals surface area contributed by atoms with E-state index < -0.39 is 0 Å². The van der Waals surface area contributed by atoms with Crippen LogP contribution in [0.2, 0.25) is 0 Å². The minimum absolute atomic E-state index is 0.191. The van der Waals surface area contributed by atoms with Crippen molar-refractivity contribution in [2.75, 3.05) is 0 Å². The number of aromatic nitrogens is 1. The molecule has 2 heterocycles. The molecule has 270 valence electrons. The van der Waals surface area contributed by atoms with Gasteiger partial charge in [-0.2, -0.15) is 0 Å². The van der Waals surface area contributed by atoms with Crippen molar-refractivity contribution in [2.45, 2.75) is 18.9 Å². The second-order valence-corrected chi connectivity index (χ2v) is 14.0. The van der Waals surface area contributed by atoms with Gasteiger partial charge in [0, 0.05) is 29.6 Å². The quantitative estimate of drug-likeness (QED) is 0.128. The van der Waals surface area contributed by atoms with E-state index in [1.165, 1.54) is 38.9 Å². The maximum atomic E-state index is 5.17. The molecule has 56 heavy (non-hydrogen) atoms. The van der Waals surface area contributed by atoms with Crippen LogP contribution in [0.3, 0.4) is 0 Å². The normalized spacial score (nSPS) is 13.9. The largest absolute Gasteiger partial charge is 0.340 e. The van der Waals surface area contributed by atoms with E-state index in [1.54, 1.807) is 6.08 Å². The number of benzene rings is 6. The van der Waals surface area contributed by atoms with Gasteiger partial charge in [0.2, 0.25) is 0 Å². The van der Waals surface area contributed by atoms with Crippen LogP contribution in [0.5, 0.6) is 0 Å². The van der Waals surface area contributed by atoms with E-state index in [0.717, 1.165) is 57.9 Å². The highest BCUT2D eigenvalue weighted by atomic mass is 15.0. The number of allylic oxidation sites excluding steroid dienone is 2. The maximum absolute atomic E-state index is 5.17. The number of rotatable bonds is 12. The van der Waals surface area contributed by atoms with Gasteiger partial charge in [-0.05, 0) is 104 Å². The van der Waals surface area contributed by atoms with E-state index in [9.17, 15) is 0 Å². The number of hydrogen-bond donors (Lipinski definition) is 1. The molecule has 1 aliphatic rings. The Morgan fingerprint density at radius 2 is 1.23 bits per heavy atom. The molecule has 0 spiro atoms. The predicted molar refractivity (Wildman–Crippen MR) is 235 cm³/mol. The first-order valence-electron chi connectivity index (χ1n) is 19.1. The van der Waals surface area contributed by atoms with Gasteiger partial charge >= 0.3 is 0 Å². The van der Waals surface area contributed by atoms with Crippen LogP contribution in [-0.4, -0.2) is 10.8 Å². The Morgan fingerprint density at radius 1 is 0.571 bits per heavy atom. The van der Waals surface area contributed by atoms with E-state index in [2.05, 4.69) is 187 Å². The summed E-state index contributed by atoms with van der Waals surface area (Å²) in [6.45, 7) is 7.95. The summed E-state index contributed by atoms with van der Waals surface area (Å²) in [4.78, 5) is 9.82. The van der Waals surface area contributed by atoms with E-state index in [1.807, 2.05) is 30.5 Å². The number of amidine groups is 1. The van der Waals surface area contributed by atoms with Gasteiger partial charge in [0.25, 0.3) is 0 Å². The van der Waals surface area contributed by atoms with Gasteiger partial charge in [0.05, 0.1) is 6.04 Å². The summed E-state index contributed by atoms with van der Waals surface area (Å²) in [6.07, 6.45) is 11.2. The van der Waals surface area contributed by atoms with Crippen LogP contribution in [0, 0.1) is 0 Å². The fourth-order valence-electron chi connectivity index (χ4n) is 7.40. The minimum Gasteiger partial charge on any atom is -0.340 e. The summed E-state index contributed by atoms with van der Waals surface area (Å²) in [5.74, 6) is 0.770. The second-order valence-electron chi connectivity index (χ2n) is 14.0. The van der Waals surface area contributed by atoms with E-state index in [-0.39, 0.29) is 6.04 Å². The molecule has 6 aromatic carbocycles. The first-order valence-corrected chi connectivity index (χ1v) is 19.1. The molecule has 1 N–H and O–H groups in total. The molecule has 0 amide bonds. The van der Waals surface area contributed by atoms with Crippen molar-refractivity contribution < 1.29 is 0 Å². The lowest BCUT2D eigenvalue weighted by Crippen LogP contribution is -2.27. The SMILES string of the molecule is C=C/C=C(\C=C)C1=NC(c2cccc(-c3cccc(-c4ccc(Cc5ccccc5)c(-c5ccccc5Cc5ccccn5)c4)c3)c2)C=C(c2ccccc2)N1. The first kappa shape index (κ1) is 35.9. The number of pyridine rings is 1. The fraction of sp³-hybridized carbons (Fsp3) is 0.0566. The maximum Gasteiger partial charge on any atom is 0.133 e. The van der Waals surface area contributed by atoms with Gasteiger partial charge in [-0.3, -0.25) is 9.98 Å². The van der Waals surface area contributed by atoms with E-state index >= 15 is 0 Å². The molecule has 0 saturated carbocycles. The molecule has 3 heteroatoms. The highest BCUT2D eigenvalue weighted by Crippen LogP contribution is 2.36. The number of aliphatic imine (C=N–C) groups is 1. The molecule has 0 radical (unpaired) electrons. The van der Waals surface area contributed by atoms with Crippen molar-refractivity contribution in [3.8, 4) is 33.4 Å². The van der Waals surface area contributed by atoms with Crippen molar-refractivity contribution in [1.29, 1.82) is 0 Å². The molecule has 8 rings (SSSR count). The summed E-state index contributed by atoms with van der Waals surface area (Å²) < 4.78 is 0. The molecule has 0 saturated heterocycles. The van der Waals surface area contributed by atoms with Gasteiger partial charge < -0.3 is 5.32 Å². The molecule has 0 aliphatic carbocycles. The lowest BCUT2D eigenvalue weighted by molar-refractivity contribution is 0.880. The van der Waals surface area contributed by atoms with Crippen LogP contribution in [0.4, 0.5) is 0 Å². The summed E-state index contributed by atoms with van der Waals surface area (Å²) in [7, 11) is 0. The molecule has 1 aliphatic heterocycles. The highest BCUT2D eigenvalue weighted by molar-refractivity contribution is 6.06. The van der Waals surface area contributed by atoms with Gasteiger partial charge in [-0.15, -0.1) is 0 Å². The molecule has 7 aromatic rings. The van der Waals surface area contributed by atoms with E-state index in [0.29, 0.717) is 0 Å². The minimum atomic E-state index is -0.191. The third kappa shape index (κ3) is 8.18. The topological polar surface area (TPSA) is 37.3 Å². The number of nitrogens with zero attached hydrogens (tertiary/aromatic N) is 2. The average Bonchev–Trinajstić information content (AvgIpc) is 3.27. The third-order valence-electron chi connectivity index (χ3n) is 10.2. The van der Waals surface area contributed by atoms with Crippen molar-refractivity contribution >= 4 is 11.5 Å². The highest BCUT2D eigenvalue weighted by Gasteiger charge is 2.20. The monoisotopic (exact) mass is 721 g/mol. The first-order chi connectivity index (χ1) is 27.6. The third-order valence-corrected chi connectivity index (χ3v) is 10.2. The van der Waals surface area contributed by atoms with Crippen molar-refractivity contribution in [3.05, 3.63) is 253 Å². The van der Waals surface area contributed by atoms with Crippen LogP contribution in [-0.2, 0) is 12.8 Å². The van der Waals surface area contributed by atoms with Crippen LogP contribution in [0.15, 0.2) is 224 Å². The van der Waals surface area contributed by atoms with Crippen molar-refractivity contribution in [2.24, 2.45) is 4.99 Å². The smallest absolute Gasteiger partial charge is 0.133 e. The summed E-state index contributed by atoms with van der Waals surface area (Å²) in [5, 5.41) is 3.55. The lowest BCUT2D eigenvalue weighted by Gasteiger charge is -2.24. The zero-order valence-electron chi connectivity index (χ0n) is 31.4. The average molecular weight is 722 g/mol. The lowest BCUT2D eigenvalue weighted by atomic mass is 9.88. The number of hydrogen-bond acceptors (Lipinski definition) is 3. The van der Waals surface area contributed by atoms with Crippen molar-refractivity contribution in [1.82, 2.24) is 10.3 Å². The molecule has 0 fully saturated rings. The molecule has 3 nitrogen and oxygen atoms in total. The summed E-state index contributed by atoms with van der Waals surface area (Å²) in [6, 6.07) is 60.4. The standard InChI is InChI=1S/C53H43N3/c1-3-17-39(4-2)53-55-51(40-20-9-6-10-21-40)37-52(56-53)47-26-16-25-43(34-47)41-23-15-24-42(33-41)44-29-30-46(32-38-18-7-5-8-19-38)50(36-44)49-28-12-11-22-45(49)35-48-27-13-14-31-54-48/h3-31,33-34,36-37,52H,1-2,32,35H2,(H,55,56)/b39-17+. The second kappa shape index (κ2) is 16.9. The van der Waals surface area contributed by atoms with E-state index in [4.69, 9.17) is 4.99 Å². The Labute approximate surface area is 330 Å². The molecule has 1 unspecified atom stereocenters. The van der Waals surface area contributed by atoms with Gasteiger partial charge in [-0.1, -0.05) is 171 Å². The number of nitrogens with one attached hydrogen (secondary N) is 1. The van der Waals surface area contributed by atoms with Crippen LogP contribution in [0.25, 0.3) is 39.1 Å². The summed E-state index contributed by atoms with van der Waals surface area (Å²) in [5.41, 5.74) is 16.1. The van der Waals surface area contributed by atoms with Crippen LogP contribution < -0.4 is 5.32 Å². The molecule has 0 bridgehead atoms. The zero-order valence-corrected chi connectivity index (χ0v) is 31.4. The molecule has 1 aromatic heterocycles. The fourth-order valence-corrected chi connectivity index (χ4v) is 7.40. The Hall–Kier alpha value is -7.10. The Morgan fingerprint density at radius 3 is 1.98 bits per heavy atom. The Balaban J connectivity index is 1.17. The van der Waals surface area contributed by atoms with Gasteiger partial charge in [-0.25, -0.2) is 0 Å². The molecular weight excluding hydrogens is 679 g/mol. The molecular formula is C53H43N3. The Kier molecular flexibility index (Phi) is 10.9.